The first kappa shape index (κ1) is 17.3. The molecule has 1 saturated heterocycles. The van der Waals surface area contributed by atoms with Gasteiger partial charge >= 0.3 is 5.69 Å². The van der Waals surface area contributed by atoms with Crippen LogP contribution in [-0.4, -0.2) is 45.0 Å². The summed E-state index contributed by atoms with van der Waals surface area (Å²) in [5.41, 5.74) is -0.115. The molecule has 132 valence electrons. The summed E-state index contributed by atoms with van der Waals surface area (Å²) in [6.07, 6.45) is 0.765. The topological polar surface area (TPSA) is 114 Å². The number of aliphatic hydroxyl groups excluding tert-OH is 2. The second-order valence-corrected chi connectivity index (χ2v) is 5.81. The fourth-order valence-electron chi connectivity index (χ4n) is 2.82. The van der Waals surface area contributed by atoms with Crippen molar-refractivity contribution in [2.45, 2.75) is 18.8 Å². The summed E-state index contributed by atoms with van der Waals surface area (Å²) in [5.74, 6) is -0.451. The average Bonchev–Trinajstić information content (AvgIpc) is 3.05. The van der Waals surface area contributed by atoms with Gasteiger partial charge in [-0.2, -0.15) is 4.98 Å². The Balaban J connectivity index is 1.73. The van der Waals surface area contributed by atoms with Crippen LogP contribution in [0.25, 0.3) is 0 Å². The first-order chi connectivity index (χ1) is 12.1. The third kappa shape index (κ3) is 3.76. The molecule has 8 nitrogen and oxygen atoms in total. The maximum absolute atomic E-state index is 12.2. The molecule has 3 atom stereocenters. The zero-order valence-electron chi connectivity index (χ0n) is 13.4. The molecule has 1 aliphatic rings. The van der Waals surface area contributed by atoms with Crippen LogP contribution < -0.4 is 11.0 Å². The van der Waals surface area contributed by atoms with Crippen LogP contribution in [0, 0.1) is 5.92 Å². The van der Waals surface area contributed by atoms with Gasteiger partial charge in [0.25, 0.3) is 5.91 Å². The van der Waals surface area contributed by atoms with E-state index >= 15 is 0 Å². The van der Waals surface area contributed by atoms with Crippen LogP contribution in [0.3, 0.4) is 0 Å². The van der Waals surface area contributed by atoms with Gasteiger partial charge in [0.05, 0.1) is 12.7 Å². The van der Waals surface area contributed by atoms with Gasteiger partial charge < -0.3 is 20.3 Å². The monoisotopic (exact) mass is 345 g/mol. The molecule has 0 aliphatic carbocycles. The van der Waals surface area contributed by atoms with E-state index in [1.54, 1.807) is 30.3 Å². The predicted octanol–water partition coefficient (Wildman–Crippen LogP) is 0.384. The first-order valence-electron chi connectivity index (χ1n) is 7.95. The molecule has 1 aliphatic heterocycles. The molecule has 1 amide bonds. The summed E-state index contributed by atoms with van der Waals surface area (Å²) in [7, 11) is 0. The summed E-state index contributed by atoms with van der Waals surface area (Å²) in [6, 6.07) is 10.1. The fraction of sp³-hybridized carbons (Fsp3) is 0.353. The van der Waals surface area contributed by atoms with E-state index in [9.17, 15) is 19.8 Å². The van der Waals surface area contributed by atoms with Crippen LogP contribution in [0.2, 0.25) is 0 Å². The highest BCUT2D eigenvalue weighted by atomic mass is 16.5. The molecule has 0 radical (unpaired) electrons. The summed E-state index contributed by atoms with van der Waals surface area (Å²) in [5, 5.41) is 21.2. The van der Waals surface area contributed by atoms with Crippen LogP contribution in [0.15, 0.2) is 47.4 Å². The Labute approximate surface area is 143 Å². The van der Waals surface area contributed by atoms with Gasteiger partial charge in [-0.3, -0.25) is 9.36 Å². The predicted molar refractivity (Wildman–Crippen MR) is 89.1 cm³/mol. The molecule has 0 saturated carbocycles. The van der Waals surface area contributed by atoms with Crippen LogP contribution in [-0.2, 0) is 4.74 Å². The van der Waals surface area contributed by atoms with Crippen molar-refractivity contribution in [2.75, 3.05) is 18.5 Å². The lowest BCUT2D eigenvalue weighted by molar-refractivity contribution is -0.0365. The molecule has 2 aromatic rings. The van der Waals surface area contributed by atoms with Crippen molar-refractivity contribution in [1.82, 2.24) is 9.55 Å². The van der Waals surface area contributed by atoms with E-state index in [2.05, 4.69) is 10.3 Å². The third-order valence-corrected chi connectivity index (χ3v) is 4.19. The maximum Gasteiger partial charge on any atom is 0.351 e. The second-order valence-electron chi connectivity index (χ2n) is 5.81. The lowest BCUT2D eigenvalue weighted by Crippen LogP contribution is -2.28. The first-order valence-corrected chi connectivity index (χ1v) is 7.95. The van der Waals surface area contributed by atoms with Gasteiger partial charge in [-0.05, 0) is 18.2 Å². The highest BCUT2D eigenvalue weighted by Gasteiger charge is 2.35. The van der Waals surface area contributed by atoms with E-state index in [-0.39, 0.29) is 30.9 Å². The normalized spacial score (nSPS) is 22.7. The molecule has 0 spiro atoms. The van der Waals surface area contributed by atoms with Crippen molar-refractivity contribution in [1.29, 1.82) is 0 Å². The van der Waals surface area contributed by atoms with E-state index in [0.717, 1.165) is 0 Å². The molecular formula is C17H19N3O5. The molecule has 3 N–H and O–H groups in total. The van der Waals surface area contributed by atoms with Crippen molar-refractivity contribution in [3.05, 3.63) is 58.6 Å². The van der Waals surface area contributed by atoms with Crippen LogP contribution >= 0.6 is 0 Å². The molecule has 1 fully saturated rings. The second kappa shape index (κ2) is 7.56. The van der Waals surface area contributed by atoms with Crippen molar-refractivity contribution in [3.63, 3.8) is 0 Å². The average molecular weight is 345 g/mol. The number of rotatable bonds is 5. The number of nitrogens with zero attached hydrogens (tertiary/aromatic N) is 2. The van der Waals surface area contributed by atoms with E-state index in [4.69, 9.17) is 4.74 Å². The lowest BCUT2D eigenvalue weighted by atomic mass is 10.0. The van der Waals surface area contributed by atoms with E-state index in [1.165, 1.54) is 16.8 Å². The van der Waals surface area contributed by atoms with Crippen LogP contribution in [0.5, 0.6) is 0 Å². The van der Waals surface area contributed by atoms with Gasteiger partial charge in [0.2, 0.25) is 0 Å². The number of amides is 1. The molecule has 8 heteroatoms. The number of hydrogen-bond donors (Lipinski definition) is 3. The third-order valence-electron chi connectivity index (χ3n) is 4.19. The van der Waals surface area contributed by atoms with Crippen molar-refractivity contribution >= 4 is 11.7 Å². The molecule has 3 rings (SSSR count). The number of aliphatic hydroxyl groups is 2. The number of hydrogen-bond acceptors (Lipinski definition) is 6. The number of aromatic nitrogens is 2. The zero-order chi connectivity index (χ0) is 17.8. The minimum absolute atomic E-state index is 0.130. The smallest absolute Gasteiger partial charge is 0.351 e. The SMILES string of the molecule is O=C(Nc1ccn([C@H]2C[C@H](CO)[C@@H](CO)O2)c(=O)n1)c1ccccc1. The molecule has 1 aromatic carbocycles. The Kier molecular flexibility index (Phi) is 5.22. The van der Waals surface area contributed by atoms with Gasteiger partial charge in [-0.15, -0.1) is 0 Å². The Hall–Kier alpha value is -2.55. The summed E-state index contributed by atoms with van der Waals surface area (Å²) in [4.78, 5) is 28.2. The van der Waals surface area contributed by atoms with Gasteiger partial charge in [0.1, 0.15) is 12.0 Å². The Morgan fingerprint density at radius 1 is 1.24 bits per heavy atom. The number of benzene rings is 1. The largest absolute Gasteiger partial charge is 0.396 e. The summed E-state index contributed by atoms with van der Waals surface area (Å²) >= 11 is 0. The fourth-order valence-corrected chi connectivity index (χ4v) is 2.82. The Morgan fingerprint density at radius 2 is 2.00 bits per heavy atom. The zero-order valence-corrected chi connectivity index (χ0v) is 13.4. The van der Waals surface area contributed by atoms with E-state index < -0.39 is 18.0 Å². The van der Waals surface area contributed by atoms with Crippen molar-refractivity contribution < 1.29 is 19.7 Å². The summed E-state index contributed by atoms with van der Waals surface area (Å²) in [6.45, 7) is -0.357. The van der Waals surface area contributed by atoms with E-state index in [1.807, 2.05) is 0 Å². The number of carbonyl (C=O) groups excluding carboxylic acids is 1. The van der Waals surface area contributed by atoms with Gasteiger partial charge in [-0.1, -0.05) is 18.2 Å². The van der Waals surface area contributed by atoms with E-state index in [0.29, 0.717) is 12.0 Å². The molecule has 25 heavy (non-hydrogen) atoms. The quantitative estimate of drug-likeness (QED) is 0.722. The minimum Gasteiger partial charge on any atom is -0.396 e. The molecule has 1 aromatic heterocycles. The standard InChI is InChI=1S/C17H19N3O5/c21-9-12-8-15(25-13(12)10-22)20-7-6-14(19-17(20)24)18-16(23)11-4-2-1-3-5-11/h1-7,12-13,15,21-22H,8-10H2,(H,18,19,23,24)/t12-,13-,15-/m1/s1. The minimum atomic E-state index is -0.604. The molecule has 0 bridgehead atoms. The highest BCUT2D eigenvalue weighted by Crippen LogP contribution is 2.32. The van der Waals surface area contributed by atoms with Crippen molar-refractivity contribution in [3.8, 4) is 0 Å². The number of nitrogens with one attached hydrogen (secondary N) is 1. The highest BCUT2D eigenvalue weighted by molar-refractivity contribution is 6.03. The number of ether oxygens (including phenoxy) is 1. The molecule has 0 unspecified atom stereocenters. The van der Waals surface area contributed by atoms with Crippen LogP contribution in [0.4, 0.5) is 5.82 Å². The maximum atomic E-state index is 12.2. The lowest BCUT2D eigenvalue weighted by Gasteiger charge is -2.15. The Morgan fingerprint density at radius 3 is 2.60 bits per heavy atom. The number of carbonyl (C=O) groups is 1. The Bertz CT molecular complexity index is 780. The van der Waals surface area contributed by atoms with Gasteiger partial charge in [0, 0.05) is 30.7 Å². The molecule has 2 heterocycles. The van der Waals surface area contributed by atoms with Gasteiger partial charge in [0.15, 0.2) is 0 Å². The number of anilines is 1. The van der Waals surface area contributed by atoms with Crippen LogP contribution in [0.1, 0.15) is 23.0 Å². The van der Waals surface area contributed by atoms with Crippen molar-refractivity contribution in [2.24, 2.45) is 5.92 Å². The molecular weight excluding hydrogens is 326 g/mol. The van der Waals surface area contributed by atoms with Gasteiger partial charge in [-0.25, -0.2) is 4.79 Å². The summed E-state index contributed by atoms with van der Waals surface area (Å²) < 4.78 is 6.89.